The first-order chi connectivity index (χ1) is 11.7. The molecule has 2 aromatic carbocycles. The van der Waals surface area contributed by atoms with Gasteiger partial charge in [0.25, 0.3) is 0 Å². The number of hydrogen-bond donors (Lipinski definition) is 2. The van der Waals surface area contributed by atoms with Crippen LogP contribution in [0.5, 0.6) is 0 Å². The molecule has 0 spiro atoms. The molecule has 0 aliphatic heterocycles. The molecule has 2 N–H and O–H groups in total. The van der Waals surface area contributed by atoms with E-state index in [1.807, 2.05) is 25.1 Å². The summed E-state index contributed by atoms with van der Waals surface area (Å²) in [7, 11) is 0. The SMILES string of the molecule is Cc1cc(Nc2ccccc2F)nc(NCCc2ccccc2)n1. The molecule has 0 fully saturated rings. The van der Waals surface area contributed by atoms with E-state index in [1.165, 1.54) is 11.6 Å². The Labute approximate surface area is 140 Å². The number of aryl methyl sites for hydroxylation is 1. The Balaban J connectivity index is 1.66. The van der Waals surface area contributed by atoms with Crippen molar-refractivity contribution in [3.05, 3.63) is 77.7 Å². The molecule has 0 atom stereocenters. The van der Waals surface area contributed by atoms with Crippen LogP contribution in [-0.4, -0.2) is 16.5 Å². The highest BCUT2D eigenvalue weighted by atomic mass is 19.1. The van der Waals surface area contributed by atoms with Crippen LogP contribution in [-0.2, 0) is 6.42 Å². The number of halogens is 1. The quantitative estimate of drug-likeness (QED) is 0.709. The average molecular weight is 322 g/mol. The lowest BCUT2D eigenvalue weighted by Crippen LogP contribution is -2.09. The van der Waals surface area contributed by atoms with Gasteiger partial charge in [-0.1, -0.05) is 42.5 Å². The molecular weight excluding hydrogens is 303 g/mol. The van der Waals surface area contributed by atoms with Crippen LogP contribution in [0, 0.1) is 12.7 Å². The van der Waals surface area contributed by atoms with Crippen molar-refractivity contribution in [2.75, 3.05) is 17.2 Å². The summed E-state index contributed by atoms with van der Waals surface area (Å²) in [4.78, 5) is 8.77. The van der Waals surface area contributed by atoms with Gasteiger partial charge in [0.1, 0.15) is 11.6 Å². The van der Waals surface area contributed by atoms with Crippen molar-refractivity contribution in [3.63, 3.8) is 0 Å². The van der Waals surface area contributed by atoms with Gasteiger partial charge in [0, 0.05) is 18.3 Å². The fraction of sp³-hybridized carbons (Fsp3) is 0.158. The number of aromatic nitrogens is 2. The van der Waals surface area contributed by atoms with Crippen LogP contribution < -0.4 is 10.6 Å². The molecule has 0 saturated heterocycles. The molecule has 5 heteroatoms. The Bertz CT molecular complexity index is 805. The molecule has 0 saturated carbocycles. The normalized spacial score (nSPS) is 10.4. The summed E-state index contributed by atoms with van der Waals surface area (Å²) in [6, 6.07) is 18.5. The van der Waals surface area contributed by atoms with Crippen LogP contribution in [0.1, 0.15) is 11.3 Å². The fourth-order valence-electron chi connectivity index (χ4n) is 2.38. The second-order valence-electron chi connectivity index (χ2n) is 5.49. The van der Waals surface area contributed by atoms with E-state index in [1.54, 1.807) is 24.3 Å². The van der Waals surface area contributed by atoms with Gasteiger partial charge in [-0.15, -0.1) is 0 Å². The Hall–Kier alpha value is -2.95. The zero-order valence-electron chi connectivity index (χ0n) is 13.5. The van der Waals surface area contributed by atoms with Gasteiger partial charge in [0.05, 0.1) is 5.69 Å². The fourth-order valence-corrected chi connectivity index (χ4v) is 2.38. The highest BCUT2D eigenvalue weighted by molar-refractivity contribution is 5.58. The molecule has 3 rings (SSSR count). The summed E-state index contributed by atoms with van der Waals surface area (Å²) in [6.45, 7) is 2.61. The van der Waals surface area contributed by atoms with Gasteiger partial charge < -0.3 is 10.6 Å². The summed E-state index contributed by atoms with van der Waals surface area (Å²) in [5.41, 5.74) is 2.46. The minimum Gasteiger partial charge on any atom is -0.354 e. The molecule has 0 aliphatic rings. The molecular formula is C19H19FN4. The van der Waals surface area contributed by atoms with Crippen molar-refractivity contribution in [1.82, 2.24) is 9.97 Å². The molecule has 0 aliphatic carbocycles. The minimum atomic E-state index is -0.313. The average Bonchev–Trinajstić information content (AvgIpc) is 2.57. The number of nitrogens with one attached hydrogen (secondary N) is 2. The Morgan fingerprint density at radius 2 is 1.71 bits per heavy atom. The standard InChI is InChI=1S/C19H19FN4/c1-14-13-18(23-17-10-6-5-9-16(17)20)24-19(22-14)21-12-11-15-7-3-2-4-8-15/h2-10,13H,11-12H2,1H3,(H2,21,22,23,24). The molecule has 1 heterocycles. The van der Waals surface area contributed by atoms with Crippen LogP contribution in [0.4, 0.5) is 21.8 Å². The molecule has 24 heavy (non-hydrogen) atoms. The van der Waals surface area contributed by atoms with E-state index in [0.717, 1.165) is 18.7 Å². The van der Waals surface area contributed by atoms with Crippen molar-refractivity contribution in [3.8, 4) is 0 Å². The first kappa shape index (κ1) is 15.9. The largest absolute Gasteiger partial charge is 0.354 e. The molecule has 1 aromatic heterocycles. The van der Waals surface area contributed by atoms with E-state index in [-0.39, 0.29) is 5.82 Å². The lowest BCUT2D eigenvalue weighted by molar-refractivity contribution is 0.632. The van der Waals surface area contributed by atoms with E-state index in [0.29, 0.717) is 17.5 Å². The maximum absolute atomic E-state index is 13.7. The van der Waals surface area contributed by atoms with Gasteiger partial charge in [0.2, 0.25) is 5.95 Å². The van der Waals surface area contributed by atoms with Crippen molar-refractivity contribution in [2.24, 2.45) is 0 Å². The first-order valence-electron chi connectivity index (χ1n) is 7.86. The predicted molar refractivity (Wildman–Crippen MR) is 95.1 cm³/mol. The molecule has 4 nitrogen and oxygen atoms in total. The van der Waals surface area contributed by atoms with Gasteiger partial charge in [0.15, 0.2) is 0 Å². The predicted octanol–water partition coefficient (Wildman–Crippen LogP) is 4.32. The zero-order valence-corrected chi connectivity index (χ0v) is 13.5. The van der Waals surface area contributed by atoms with Crippen LogP contribution >= 0.6 is 0 Å². The summed E-state index contributed by atoms with van der Waals surface area (Å²) in [6.07, 6.45) is 0.883. The third-order valence-corrected chi connectivity index (χ3v) is 3.53. The molecule has 0 amide bonds. The van der Waals surface area contributed by atoms with Crippen molar-refractivity contribution in [1.29, 1.82) is 0 Å². The van der Waals surface area contributed by atoms with Crippen molar-refractivity contribution >= 4 is 17.5 Å². The Morgan fingerprint density at radius 1 is 0.958 bits per heavy atom. The number of anilines is 3. The zero-order chi connectivity index (χ0) is 16.8. The molecule has 0 bridgehead atoms. The molecule has 3 aromatic rings. The van der Waals surface area contributed by atoms with Crippen LogP contribution in [0.25, 0.3) is 0 Å². The number of nitrogens with zero attached hydrogens (tertiary/aromatic N) is 2. The second-order valence-corrected chi connectivity index (χ2v) is 5.49. The maximum Gasteiger partial charge on any atom is 0.224 e. The van der Waals surface area contributed by atoms with E-state index >= 15 is 0 Å². The molecule has 0 radical (unpaired) electrons. The topological polar surface area (TPSA) is 49.8 Å². The van der Waals surface area contributed by atoms with Crippen LogP contribution in [0.15, 0.2) is 60.7 Å². The highest BCUT2D eigenvalue weighted by Gasteiger charge is 2.05. The van der Waals surface area contributed by atoms with Gasteiger partial charge >= 0.3 is 0 Å². The molecule has 122 valence electrons. The van der Waals surface area contributed by atoms with Gasteiger partial charge in [-0.25, -0.2) is 9.37 Å². The van der Waals surface area contributed by atoms with Crippen LogP contribution in [0.2, 0.25) is 0 Å². The molecule has 0 unspecified atom stereocenters. The van der Waals surface area contributed by atoms with Gasteiger partial charge in [-0.05, 0) is 31.0 Å². The summed E-state index contributed by atoms with van der Waals surface area (Å²) in [5, 5.41) is 6.21. The monoisotopic (exact) mass is 322 g/mol. The maximum atomic E-state index is 13.7. The number of benzene rings is 2. The van der Waals surface area contributed by atoms with Gasteiger partial charge in [-0.2, -0.15) is 4.98 Å². The Kier molecular flexibility index (Phi) is 5.01. The van der Waals surface area contributed by atoms with E-state index in [9.17, 15) is 4.39 Å². The smallest absolute Gasteiger partial charge is 0.224 e. The summed E-state index contributed by atoms with van der Waals surface area (Å²) >= 11 is 0. The third kappa shape index (κ3) is 4.29. The first-order valence-corrected chi connectivity index (χ1v) is 7.86. The lowest BCUT2D eigenvalue weighted by Gasteiger charge is -2.10. The number of para-hydroxylation sites is 1. The van der Waals surface area contributed by atoms with Crippen molar-refractivity contribution < 1.29 is 4.39 Å². The third-order valence-electron chi connectivity index (χ3n) is 3.53. The van der Waals surface area contributed by atoms with Crippen molar-refractivity contribution in [2.45, 2.75) is 13.3 Å². The van der Waals surface area contributed by atoms with Gasteiger partial charge in [-0.3, -0.25) is 0 Å². The number of rotatable bonds is 6. The number of hydrogen-bond acceptors (Lipinski definition) is 4. The summed E-state index contributed by atoms with van der Waals surface area (Å²) < 4.78 is 13.7. The lowest BCUT2D eigenvalue weighted by atomic mass is 10.1. The minimum absolute atomic E-state index is 0.313. The van der Waals surface area contributed by atoms with Crippen LogP contribution in [0.3, 0.4) is 0 Å². The Morgan fingerprint density at radius 3 is 2.50 bits per heavy atom. The highest BCUT2D eigenvalue weighted by Crippen LogP contribution is 2.19. The van der Waals surface area contributed by atoms with E-state index < -0.39 is 0 Å². The van der Waals surface area contributed by atoms with E-state index in [4.69, 9.17) is 0 Å². The second kappa shape index (κ2) is 7.55. The van der Waals surface area contributed by atoms with E-state index in [2.05, 4.69) is 32.7 Å². The summed E-state index contributed by atoms with van der Waals surface area (Å²) in [5.74, 6) is 0.784.